The summed E-state index contributed by atoms with van der Waals surface area (Å²) in [7, 11) is 0. The number of carboxylic acids is 2. The minimum absolute atomic E-state index is 0.162. The van der Waals surface area contributed by atoms with Gasteiger partial charge in [-0.3, -0.25) is 19.3 Å². The third-order valence-electron chi connectivity index (χ3n) is 14.5. The quantitative estimate of drug-likeness (QED) is 0.141. The van der Waals surface area contributed by atoms with E-state index < -0.39 is 11.9 Å². The van der Waals surface area contributed by atoms with Crippen molar-refractivity contribution in [2.45, 2.75) is 126 Å². The number of nitrogens with one attached hydrogen (secondary N) is 1. The Kier molecular flexibility index (Phi) is 16.0. The molecule has 8 rings (SSSR count). The maximum absolute atomic E-state index is 11.4. The Morgan fingerprint density at radius 3 is 1.52 bits per heavy atom. The van der Waals surface area contributed by atoms with Crippen LogP contribution in [0.5, 0.6) is 11.5 Å². The minimum Gasteiger partial charge on any atom is -0.490 e. The van der Waals surface area contributed by atoms with Gasteiger partial charge in [-0.25, -0.2) is 0 Å². The molecule has 2 saturated heterocycles. The van der Waals surface area contributed by atoms with E-state index in [2.05, 4.69) is 94.2 Å². The van der Waals surface area contributed by atoms with Crippen LogP contribution in [-0.2, 0) is 16.1 Å². The SMILES string of the molecule is CC(C)(C)C1CCC(Oc2ccc3cc(C=O)ccc3c2)CC1.CC1CN(Cc2ccc3cc(OC4CCC(C(C)(C)C)CC4)ccc3c2)CC1C(=O)O.CC1CNCC1C(=O)O. The Morgan fingerprint density at radius 2 is 1.10 bits per heavy atom. The molecule has 4 unspecified atom stereocenters. The molecule has 0 aromatic heterocycles. The highest BCUT2D eigenvalue weighted by Crippen LogP contribution is 2.40. The van der Waals surface area contributed by atoms with E-state index in [0.717, 1.165) is 85.7 Å². The number of nitrogens with zero attached hydrogens (tertiary/aromatic N) is 1. The number of carbonyl (C=O) groups excluding carboxylic acids is 1. The Hall–Kier alpha value is -4.47. The predicted octanol–water partition coefficient (Wildman–Crippen LogP) is 11.5. The van der Waals surface area contributed by atoms with Gasteiger partial charge in [-0.1, -0.05) is 91.8 Å². The topological polar surface area (TPSA) is 125 Å². The van der Waals surface area contributed by atoms with Crippen molar-refractivity contribution in [3.63, 3.8) is 0 Å². The minimum atomic E-state index is -0.674. The zero-order valence-corrected chi connectivity index (χ0v) is 39.2. The van der Waals surface area contributed by atoms with Gasteiger partial charge >= 0.3 is 11.9 Å². The summed E-state index contributed by atoms with van der Waals surface area (Å²) in [5.74, 6) is 2.25. The van der Waals surface area contributed by atoms with E-state index in [-0.39, 0.29) is 17.8 Å². The lowest BCUT2D eigenvalue weighted by molar-refractivity contribution is -0.143. The number of fused-ring (bicyclic) bond motifs is 2. The first kappa shape index (κ1) is 48.0. The summed E-state index contributed by atoms with van der Waals surface area (Å²) in [6.45, 7) is 21.9. The maximum atomic E-state index is 11.4. The highest BCUT2D eigenvalue weighted by Gasteiger charge is 2.35. The van der Waals surface area contributed by atoms with Crippen LogP contribution in [0.2, 0.25) is 0 Å². The average molecular weight is 863 g/mol. The molecule has 0 radical (unpaired) electrons. The zero-order chi connectivity index (χ0) is 45.5. The number of hydrogen-bond donors (Lipinski definition) is 3. The van der Waals surface area contributed by atoms with E-state index in [1.54, 1.807) is 0 Å². The second-order valence-corrected chi connectivity index (χ2v) is 21.3. The molecule has 2 aliphatic carbocycles. The van der Waals surface area contributed by atoms with Crippen LogP contribution in [0, 0.1) is 46.3 Å². The zero-order valence-electron chi connectivity index (χ0n) is 39.2. The summed E-state index contributed by atoms with van der Waals surface area (Å²) in [4.78, 5) is 34.9. The molecule has 2 heterocycles. The van der Waals surface area contributed by atoms with Crippen molar-refractivity contribution in [1.82, 2.24) is 10.2 Å². The van der Waals surface area contributed by atoms with Gasteiger partial charge in [0.2, 0.25) is 0 Å². The Morgan fingerprint density at radius 1 is 0.619 bits per heavy atom. The van der Waals surface area contributed by atoms with Crippen LogP contribution in [-0.4, -0.2) is 71.7 Å². The Labute approximate surface area is 376 Å². The van der Waals surface area contributed by atoms with E-state index in [9.17, 15) is 19.5 Å². The Balaban J connectivity index is 0.000000180. The molecular formula is C54H74N2O7. The normalized spacial score (nSPS) is 26.5. The van der Waals surface area contributed by atoms with Crippen LogP contribution in [0.15, 0.2) is 72.8 Å². The molecule has 0 amide bonds. The molecular weight excluding hydrogens is 789 g/mol. The van der Waals surface area contributed by atoms with Crippen molar-refractivity contribution < 1.29 is 34.1 Å². The lowest BCUT2D eigenvalue weighted by atomic mass is 9.72. The van der Waals surface area contributed by atoms with Gasteiger partial charge in [0.1, 0.15) is 17.8 Å². The number of benzene rings is 4. The van der Waals surface area contributed by atoms with Gasteiger partial charge in [-0.15, -0.1) is 0 Å². The Bertz CT molecular complexity index is 2160. The summed E-state index contributed by atoms with van der Waals surface area (Å²) in [6.07, 6.45) is 11.1. The van der Waals surface area contributed by atoms with Crippen LogP contribution in [0.25, 0.3) is 21.5 Å². The highest BCUT2D eigenvalue weighted by atomic mass is 16.5. The van der Waals surface area contributed by atoms with Crippen LogP contribution in [0.3, 0.4) is 0 Å². The molecule has 9 heteroatoms. The molecule has 63 heavy (non-hydrogen) atoms. The maximum Gasteiger partial charge on any atom is 0.308 e. The van der Waals surface area contributed by atoms with E-state index >= 15 is 0 Å². The molecule has 4 atom stereocenters. The molecule has 2 aliphatic heterocycles. The molecule has 342 valence electrons. The van der Waals surface area contributed by atoms with Gasteiger partial charge < -0.3 is 25.0 Å². The number of carboxylic acid groups (broad SMARTS) is 2. The second kappa shape index (κ2) is 21.0. The van der Waals surface area contributed by atoms with E-state index in [4.69, 9.17) is 14.6 Å². The van der Waals surface area contributed by atoms with Crippen molar-refractivity contribution in [3.05, 3.63) is 83.9 Å². The molecule has 9 nitrogen and oxygen atoms in total. The molecule has 3 N–H and O–H groups in total. The number of aliphatic carboxylic acids is 2. The van der Waals surface area contributed by atoms with Gasteiger partial charge in [0.05, 0.1) is 24.0 Å². The van der Waals surface area contributed by atoms with Crippen LogP contribution < -0.4 is 14.8 Å². The molecule has 0 bridgehead atoms. The summed E-state index contributed by atoms with van der Waals surface area (Å²) in [5, 5.41) is 25.5. The number of aldehydes is 1. The standard InChI is InChI=1S/C27H37NO3.C21H26O2.C6H11NO2/c1-18-15-28(17-25(18)26(29)30)16-19-5-6-21-14-24(10-7-20(21)13-19)31-23-11-8-22(9-12-23)27(2,3)4;1-21(2,3)18-7-10-19(11-8-18)23-20-9-6-16-12-15(14-22)4-5-17(16)13-20;1-4-2-7-3-5(4)6(8)9/h5-7,10,13-14,18,22-23,25H,8-9,11-12,15-17H2,1-4H3,(H,29,30);4-6,9,12-14,18-19H,7-8,10-11H2,1-3H3;4-5,7H,2-3H2,1H3,(H,8,9). The third kappa shape index (κ3) is 13.3. The number of ether oxygens (including phenoxy) is 2. The average Bonchev–Trinajstić information content (AvgIpc) is 3.85. The monoisotopic (exact) mass is 863 g/mol. The predicted molar refractivity (Wildman–Crippen MR) is 254 cm³/mol. The van der Waals surface area contributed by atoms with E-state index in [1.807, 2.05) is 44.2 Å². The smallest absolute Gasteiger partial charge is 0.308 e. The largest absolute Gasteiger partial charge is 0.490 e. The molecule has 0 spiro atoms. The summed E-state index contributed by atoms with van der Waals surface area (Å²) in [6, 6.07) is 24.9. The lowest BCUT2D eigenvalue weighted by Gasteiger charge is -2.37. The van der Waals surface area contributed by atoms with Gasteiger partial charge in [0.15, 0.2) is 0 Å². The van der Waals surface area contributed by atoms with Crippen LogP contribution >= 0.6 is 0 Å². The van der Waals surface area contributed by atoms with Gasteiger partial charge in [0.25, 0.3) is 0 Å². The van der Waals surface area contributed by atoms with E-state index in [0.29, 0.717) is 47.6 Å². The summed E-state index contributed by atoms with van der Waals surface area (Å²) >= 11 is 0. The second-order valence-electron chi connectivity index (χ2n) is 21.3. The first-order valence-electron chi connectivity index (χ1n) is 23.6. The van der Waals surface area contributed by atoms with Crippen LogP contribution in [0.4, 0.5) is 0 Å². The number of likely N-dealkylation sites (tertiary alicyclic amines) is 1. The first-order chi connectivity index (χ1) is 29.9. The summed E-state index contributed by atoms with van der Waals surface area (Å²) < 4.78 is 12.6. The fourth-order valence-electron chi connectivity index (χ4n) is 10.2. The van der Waals surface area contributed by atoms with Crippen molar-refractivity contribution in [2.75, 3.05) is 26.2 Å². The molecule has 4 aromatic carbocycles. The van der Waals surface area contributed by atoms with Crippen molar-refractivity contribution in [1.29, 1.82) is 0 Å². The highest BCUT2D eigenvalue weighted by molar-refractivity contribution is 5.89. The molecule has 4 aliphatic rings. The molecule has 4 fully saturated rings. The first-order valence-corrected chi connectivity index (χ1v) is 23.6. The number of carbonyl (C=O) groups is 3. The van der Waals surface area contributed by atoms with Crippen molar-refractivity contribution in [2.24, 2.45) is 46.3 Å². The van der Waals surface area contributed by atoms with Gasteiger partial charge in [-0.05, 0) is 156 Å². The number of rotatable bonds is 9. The van der Waals surface area contributed by atoms with Gasteiger partial charge in [-0.2, -0.15) is 0 Å². The van der Waals surface area contributed by atoms with E-state index in [1.165, 1.54) is 42.0 Å². The molecule has 4 aromatic rings. The lowest BCUT2D eigenvalue weighted by Crippen LogP contribution is -2.30. The van der Waals surface area contributed by atoms with Crippen LogP contribution in [0.1, 0.15) is 123 Å². The molecule has 2 saturated carbocycles. The van der Waals surface area contributed by atoms with Crippen molar-refractivity contribution >= 4 is 39.8 Å². The fourth-order valence-corrected chi connectivity index (χ4v) is 10.2. The fraction of sp³-hybridized carbons (Fsp3) is 0.574. The van der Waals surface area contributed by atoms with Crippen molar-refractivity contribution in [3.8, 4) is 11.5 Å². The number of hydrogen-bond acceptors (Lipinski definition) is 7. The third-order valence-corrected chi connectivity index (χ3v) is 14.5. The van der Waals surface area contributed by atoms with Gasteiger partial charge in [0, 0.05) is 31.7 Å². The summed E-state index contributed by atoms with van der Waals surface area (Å²) in [5.41, 5.74) is 2.75.